The van der Waals surface area contributed by atoms with E-state index in [9.17, 15) is 14.0 Å². The number of esters is 1. The summed E-state index contributed by atoms with van der Waals surface area (Å²) >= 11 is 3.29. The van der Waals surface area contributed by atoms with Crippen molar-refractivity contribution in [3.05, 3.63) is 75.8 Å². The van der Waals surface area contributed by atoms with Gasteiger partial charge in [-0.05, 0) is 66.4 Å². The summed E-state index contributed by atoms with van der Waals surface area (Å²) in [5, 5.41) is 0. The van der Waals surface area contributed by atoms with Gasteiger partial charge in [0.05, 0.1) is 21.6 Å². The van der Waals surface area contributed by atoms with E-state index in [4.69, 9.17) is 19.2 Å². The maximum atomic E-state index is 14.7. The summed E-state index contributed by atoms with van der Waals surface area (Å²) in [6.45, 7) is 6.91. The van der Waals surface area contributed by atoms with E-state index in [0.717, 1.165) is 5.69 Å². The van der Waals surface area contributed by atoms with E-state index in [1.807, 2.05) is 31.4 Å². The number of hydrogen-bond acceptors (Lipinski definition) is 8. The number of hydrogen-bond donors (Lipinski definition) is 0. The topological polar surface area (TPSA) is 105 Å². The number of aliphatic imine (C=N–C) groups is 1. The molecule has 9 nitrogen and oxygen atoms in total. The molecule has 0 bridgehead atoms. The van der Waals surface area contributed by atoms with Crippen molar-refractivity contribution in [2.75, 3.05) is 6.79 Å². The smallest absolute Gasteiger partial charge is 0.431 e. The molecule has 0 saturated heterocycles. The van der Waals surface area contributed by atoms with Gasteiger partial charge in [-0.3, -0.25) is 19.3 Å². The van der Waals surface area contributed by atoms with Gasteiger partial charge in [0.15, 0.2) is 0 Å². The average molecular weight is 587 g/mol. The minimum atomic E-state index is -0.902. The molecule has 1 aromatic carbocycles. The van der Waals surface area contributed by atoms with Crippen molar-refractivity contribution in [2.45, 2.75) is 52.7 Å². The molecule has 2 unspecified atom stereocenters. The lowest BCUT2D eigenvalue weighted by Gasteiger charge is -2.16. The summed E-state index contributed by atoms with van der Waals surface area (Å²) in [4.78, 5) is 38.1. The van der Waals surface area contributed by atoms with Crippen LogP contribution in [0.3, 0.4) is 0 Å². The van der Waals surface area contributed by atoms with Crippen LogP contribution in [-0.2, 0) is 19.0 Å². The zero-order valence-corrected chi connectivity index (χ0v) is 23.1. The molecule has 2 aromatic heterocycles. The van der Waals surface area contributed by atoms with Crippen molar-refractivity contribution in [3.63, 3.8) is 0 Å². The fourth-order valence-corrected chi connectivity index (χ4v) is 4.22. The lowest BCUT2D eigenvalue weighted by atomic mass is 10.0. The molecule has 4 rings (SSSR count). The molecule has 0 fully saturated rings. The van der Waals surface area contributed by atoms with E-state index in [1.54, 1.807) is 37.5 Å². The van der Waals surface area contributed by atoms with Gasteiger partial charge < -0.3 is 14.2 Å². The molecule has 0 amide bonds. The molecular formula is C27H28BrFN4O5. The number of aromatic nitrogens is 3. The highest BCUT2D eigenvalue weighted by molar-refractivity contribution is 9.10. The van der Waals surface area contributed by atoms with Gasteiger partial charge in [0.2, 0.25) is 6.79 Å². The van der Waals surface area contributed by atoms with Gasteiger partial charge in [0.1, 0.15) is 23.8 Å². The van der Waals surface area contributed by atoms with Crippen molar-refractivity contribution in [3.8, 4) is 5.69 Å². The first-order valence-corrected chi connectivity index (χ1v) is 13.0. The molecule has 0 aliphatic carbocycles. The Morgan fingerprint density at radius 3 is 2.66 bits per heavy atom. The Hall–Kier alpha value is -3.60. The zero-order valence-electron chi connectivity index (χ0n) is 21.5. The minimum Gasteiger partial charge on any atom is -0.431 e. The van der Waals surface area contributed by atoms with Crippen molar-refractivity contribution in [1.82, 2.24) is 14.5 Å². The molecule has 2 atom stereocenters. The number of rotatable bonds is 8. The Morgan fingerprint density at radius 1 is 1.16 bits per heavy atom. The normalized spacial score (nSPS) is 15.1. The van der Waals surface area contributed by atoms with E-state index >= 15 is 0 Å². The van der Waals surface area contributed by atoms with Crippen LogP contribution < -0.4 is 0 Å². The molecule has 0 spiro atoms. The Morgan fingerprint density at radius 2 is 1.95 bits per heavy atom. The number of nitrogens with zero attached hydrogens (tertiary/aromatic N) is 4. The number of halogens is 2. The largest absolute Gasteiger partial charge is 0.511 e. The van der Waals surface area contributed by atoms with Gasteiger partial charge >= 0.3 is 12.1 Å². The van der Waals surface area contributed by atoms with Gasteiger partial charge in [-0.15, -0.1) is 0 Å². The number of ether oxygens (including phenoxy) is 3. The molecular weight excluding hydrogens is 559 g/mol. The summed E-state index contributed by atoms with van der Waals surface area (Å²) < 4.78 is 31.9. The standard InChI is InChI=1S/C27H28BrFN4O5/c1-15(2)17(4)38-27(35)37-14-36-24(34)9-8-22-26-31-13-16(3)33(26)23-12-19(28)20(29)11-18(23)25(32-22)21-7-5-6-10-30-21/h5-7,10-13,15,17,22H,8-9,14H2,1-4H3. The predicted octanol–water partition coefficient (Wildman–Crippen LogP) is 5.85. The van der Waals surface area contributed by atoms with E-state index in [0.29, 0.717) is 33.0 Å². The van der Waals surface area contributed by atoms with E-state index < -0.39 is 30.8 Å². The lowest BCUT2D eigenvalue weighted by molar-refractivity contribution is -0.154. The van der Waals surface area contributed by atoms with Crippen molar-refractivity contribution < 1.29 is 28.2 Å². The van der Waals surface area contributed by atoms with Crippen molar-refractivity contribution in [2.24, 2.45) is 10.9 Å². The molecule has 38 heavy (non-hydrogen) atoms. The molecule has 11 heteroatoms. The van der Waals surface area contributed by atoms with Gasteiger partial charge in [-0.2, -0.15) is 0 Å². The number of carbonyl (C=O) groups excluding carboxylic acids is 2. The summed E-state index contributed by atoms with van der Waals surface area (Å²) in [5.41, 5.74) is 3.13. The van der Waals surface area contributed by atoms with Gasteiger partial charge in [-0.1, -0.05) is 19.9 Å². The van der Waals surface area contributed by atoms with Crippen LogP contribution in [0, 0.1) is 18.7 Å². The molecule has 1 aliphatic heterocycles. The number of fused-ring (bicyclic) bond motifs is 3. The Labute approximate surface area is 228 Å². The predicted molar refractivity (Wildman–Crippen MR) is 141 cm³/mol. The minimum absolute atomic E-state index is 0.0230. The highest BCUT2D eigenvalue weighted by Gasteiger charge is 2.29. The second-order valence-corrected chi connectivity index (χ2v) is 10.1. The number of imidazole rings is 1. The quantitative estimate of drug-likeness (QED) is 0.241. The molecule has 0 radical (unpaired) electrons. The zero-order chi connectivity index (χ0) is 27.4. The maximum absolute atomic E-state index is 14.7. The number of aryl methyl sites for hydroxylation is 1. The van der Waals surface area contributed by atoms with Crippen LogP contribution in [0.5, 0.6) is 0 Å². The Bertz CT molecular complexity index is 1360. The summed E-state index contributed by atoms with van der Waals surface area (Å²) in [6.07, 6.45) is 2.34. The average Bonchev–Trinajstić information content (AvgIpc) is 3.21. The van der Waals surface area contributed by atoms with E-state index in [2.05, 4.69) is 25.9 Å². The summed E-state index contributed by atoms with van der Waals surface area (Å²) in [7, 11) is 0. The van der Waals surface area contributed by atoms with Gasteiger partial charge in [-0.25, -0.2) is 14.2 Å². The molecule has 3 aromatic rings. The fraction of sp³-hybridized carbons (Fsp3) is 0.370. The monoisotopic (exact) mass is 586 g/mol. The summed E-state index contributed by atoms with van der Waals surface area (Å²) in [5.74, 6) is -0.283. The third-order valence-electron chi connectivity index (χ3n) is 6.23. The maximum Gasteiger partial charge on any atom is 0.511 e. The number of benzene rings is 1. The molecule has 0 N–H and O–H groups in total. The van der Waals surface area contributed by atoms with Crippen LogP contribution in [0.2, 0.25) is 0 Å². The SMILES string of the molecule is Cc1cnc2n1-c1cc(Br)c(F)cc1C(c1ccccn1)=NC2CCC(=O)OCOC(=O)OC(C)C(C)C. The highest BCUT2D eigenvalue weighted by atomic mass is 79.9. The third kappa shape index (κ3) is 6.09. The second kappa shape index (κ2) is 11.8. The highest BCUT2D eigenvalue weighted by Crippen LogP contribution is 2.35. The first-order chi connectivity index (χ1) is 18.2. The molecule has 0 saturated carbocycles. The first kappa shape index (κ1) is 27.4. The molecule has 3 heterocycles. The first-order valence-electron chi connectivity index (χ1n) is 12.2. The van der Waals surface area contributed by atoms with Crippen molar-refractivity contribution in [1.29, 1.82) is 0 Å². The van der Waals surface area contributed by atoms with Crippen LogP contribution in [0.15, 0.2) is 52.2 Å². The van der Waals surface area contributed by atoms with Gasteiger partial charge in [0, 0.05) is 30.1 Å². The van der Waals surface area contributed by atoms with E-state index in [-0.39, 0.29) is 24.9 Å². The lowest BCUT2D eigenvalue weighted by Crippen LogP contribution is -2.22. The number of pyridine rings is 1. The second-order valence-electron chi connectivity index (χ2n) is 9.22. The van der Waals surface area contributed by atoms with Crippen LogP contribution in [0.25, 0.3) is 5.69 Å². The Balaban J connectivity index is 1.55. The van der Waals surface area contributed by atoms with Crippen LogP contribution >= 0.6 is 15.9 Å². The van der Waals surface area contributed by atoms with Crippen LogP contribution in [0.1, 0.15) is 62.4 Å². The number of carbonyl (C=O) groups is 2. The molecule has 200 valence electrons. The summed E-state index contributed by atoms with van der Waals surface area (Å²) in [6, 6.07) is 7.96. The van der Waals surface area contributed by atoms with Crippen molar-refractivity contribution >= 4 is 33.8 Å². The van der Waals surface area contributed by atoms with Crippen LogP contribution in [0.4, 0.5) is 9.18 Å². The fourth-order valence-electron chi connectivity index (χ4n) is 3.89. The van der Waals surface area contributed by atoms with Gasteiger partial charge in [0.25, 0.3) is 0 Å². The Kier molecular flexibility index (Phi) is 8.55. The van der Waals surface area contributed by atoms with E-state index in [1.165, 1.54) is 6.07 Å². The molecule has 1 aliphatic rings. The van der Waals surface area contributed by atoms with Crippen LogP contribution in [-0.4, -0.2) is 45.3 Å². The third-order valence-corrected chi connectivity index (χ3v) is 6.84.